The van der Waals surface area contributed by atoms with E-state index < -0.39 is 0 Å². The van der Waals surface area contributed by atoms with Gasteiger partial charge in [0.1, 0.15) is 5.75 Å². The summed E-state index contributed by atoms with van der Waals surface area (Å²) >= 11 is 0. The third-order valence-corrected chi connectivity index (χ3v) is 2.78. The van der Waals surface area contributed by atoms with Crippen LogP contribution < -0.4 is 4.74 Å². The van der Waals surface area contributed by atoms with Crippen molar-refractivity contribution in [1.82, 2.24) is 9.78 Å². The fourth-order valence-electron chi connectivity index (χ4n) is 1.81. The lowest BCUT2D eigenvalue weighted by Gasteiger charge is -2.03. The first-order chi connectivity index (χ1) is 8.65. The molecule has 1 aromatic carbocycles. The predicted octanol–water partition coefficient (Wildman–Crippen LogP) is 2.82. The second kappa shape index (κ2) is 5.04. The second-order valence-electron chi connectivity index (χ2n) is 4.38. The number of aromatic nitrogens is 2. The molecular weight excluding hydrogens is 228 g/mol. The number of hydrogen-bond acceptors (Lipinski definition) is 3. The SMILES string of the molecule is COc1ccc(-n2cc(C=O)c(C(C)C)n2)cc1. The lowest BCUT2D eigenvalue weighted by atomic mass is 10.1. The summed E-state index contributed by atoms with van der Waals surface area (Å²) in [5.41, 5.74) is 2.37. The monoisotopic (exact) mass is 244 g/mol. The van der Waals surface area contributed by atoms with Crippen LogP contribution in [-0.2, 0) is 0 Å². The maximum atomic E-state index is 11.0. The molecular formula is C14H16N2O2. The van der Waals surface area contributed by atoms with Gasteiger partial charge in [0, 0.05) is 6.20 Å². The summed E-state index contributed by atoms with van der Waals surface area (Å²) in [4.78, 5) is 11.0. The average Bonchev–Trinajstić information content (AvgIpc) is 2.83. The highest BCUT2D eigenvalue weighted by Crippen LogP contribution is 2.20. The lowest BCUT2D eigenvalue weighted by Crippen LogP contribution is -1.97. The number of carbonyl (C=O) groups is 1. The molecule has 0 aliphatic carbocycles. The van der Waals surface area contributed by atoms with Gasteiger partial charge >= 0.3 is 0 Å². The molecule has 0 unspecified atom stereocenters. The Morgan fingerprint density at radius 2 is 1.94 bits per heavy atom. The summed E-state index contributed by atoms with van der Waals surface area (Å²) < 4.78 is 6.83. The molecule has 2 rings (SSSR count). The van der Waals surface area contributed by atoms with Crippen LogP contribution in [0.5, 0.6) is 5.75 Å². The molecule has 0 fully saturated rings. The Labute approximate surface area is 106 Å². The van der Waals surface area contributed by atoms with Gasteiger partial charge in [-0.25, -0.2) is 4.68 Å². The van der Waals surface area contributed by atoms with Crippen LogP contribution in [-0.4, -0.2) is 23.2 Å². The van der Waals surface area contributed by atoms with E-state index in [1.54, 1.807) is 18.0 Å². The minimum atomic E-state index is 0.227. The van der Waals surface area contributed by atoms with Crippen molar-refractivity contribution in [2.75, 3.05) is 7.11 Å². The maximum absolute atomic E-state index is 11.0. The van der Waals surface area contributed by atoms with Gasteiger partial charge in [0.05, 0.1) is 24.1 Å². The van der Waals surface area contributed by atoms with Gasteiger partial charge < -0.3 is 4.74 Å². The molecule has 0 atom stereocenters. The zero-order valence-electron chi connectivity index (χ0n) is 10.8. The molecule has 0 spiro atoms. The molecule has 0 aliphatic heterocycles. The zero-order valence-corrected chi connectivity index (χ0v) is 10.8. The Hall–Kier alpha value is -2.10. The van der Waals surface area contributed by atoms with E-state index in [0.29, 0.717) is 5.56 Å². The molecule has 0 N–H and O–H groups in total. The summed E-state index contributed by atoms with van der Waals surface area (Å²) in [6, 6.07) is 7.55. The molecule has 1 aromatic heterocycles. The van der Waals surface area contributed by atoms with E-state index >= 15 is 0 Å². The van der Waals surface area contributed by atoms with Crippen molar-refractivity contribution >= 4 is 6.29 Å². The number of benzene rings is 1. The number of hydrogen-bond donors (Lipinski definition) is 0. The fraction of sp³-hybridized carbons (Fsp3) is 0.286. The molecule has 1 heterocycles. The normalized spacial score (nSPS) is 10.7. The first-order valence-corrected chi connectivity index (χ1v) is 5.85. The minimum Gasteiger partial charge on any atom is -0.497 e. The van der Waals surface area contributed by atoms with Crippen LogP contribution >= 0.6 is 0 Å². The summed E-state index contributed by atoms with van der Waals surface area (Å²) in [6.07, 6.45) is 2.60. The molecule has 0 saturated carbocycles. The Bertz CT molecular complexity index is 541. The van der Waals surface area contributed by atoms with Gasteiger partial charge in [-0.15, -0.1) is 0 Å². The van der Waals surface area contributed by atoms with Crippen molar-refractivity contribution in [3.63, 3.8) is 0 Å². The topological polar surface area (TPSA) is 44.1 Å². The van der Waals surface area contributed by atoms with Gasteiger partial charge in [0.25, 0.3) is 0 Å². The number of nitrogens with zero attached hydrogens (tertiary/aromatic N) is 2. The maximum Gasteiger partial charge on any atom is 0.153 e. The smallest absolute Gasteiger partial charge is 0.153 e. The third kappa shape index (κ3) is 2.27. The van der Waals surface area contributed by atoms with Gasteiger partial charge in [-0.2, -0.15) is 5.10 Å². The first kappa shape index (κ1) is 12.4. The summed E-state index contributed by atoms with van der Waals surface area (Å²) in [5.74, 6) is 1.02. The van der Waals surface area contributed by atoms with Crippen LogP contribution in [0.4, 0.5) is 0 Å². The van der Waals surface area contributed by atoms with E-state index in [-0.39, 0.29) is 5.92 Å². The van der Waals surface area contributed by atoms with Crippen LogP contribution in [0.3, 0.4) is 0 Å². The highest BCUT2D eigenvalue weighted by atomic mass is 16.5. The molecule has 0 amide bonds. The van der Waals surface area contributed by atoms with E-state index in [1.165, 1.54) is 0 Å². The largest absolute Gasteiger partial charge is 0.497 e. The Balaban J connectivity index is 2.40. The molecule has 18 heavy (non-hydrogen) atoms. The number of ether oxygens (including phenoxy) is 1. The molecule has 4 nitrogen and oxygen atoms in total. The van der Waals surface area contributed by atoms with Crippen LogP contribution in [0.2, 0.25) is 0 Å². The molecule has 0 bridgehead atoms. The van der Waals surface area contributed by atoms with E-state index in [1.807, 2.05) is 38.1 Å². The highest BCUT2D eigenvalue weighted by molar-refractivity contribution is 5.76. The summed E-state index contributed by atoms with van der Waals surface area (Å²) in [6.45, 7) is 4.04. The van der Waals surface area contributed by atoms with E-state index in [4.69, 9.17) is 4.74 Å². The van der Waals surface area contributed by atoms with Gasteiger partial charge in [0.15, 0.2) is 6.29 Å². The third-order valence-electron chi connectivity index (χ3n) is 2.78. The van der Waals surface area contributed by atoms with Gasteiger partial charge in [-0.05, 0) is 30.2 Å². The second-order valence-corrected chi connectivity index (χ2v) is 4.38. The standard InChI is InChI=1S/C14H16N2O2/c1-10(2)14-11(9-17)8-16(15-14)12-4-6-13(18-3)7-5-12/h4-10H,1-3H3. The van der Waals surface area contributed by atoms with Crippen molar-refractivity contribution in [2.24, 2.45) is 0 Å². The molecule has 94 valence electrons. The molecule has 0 radical (unpaired) electrons. The first-order valence-electron chi connectivity index (χ1n) is 5.85. The predicted molar refractivity (Wildman–Crippen MR) is 69.6 cm³/mol. The van der Waals surface area contributed by atoms with Crippen molar-refractivity contribution in [3.05, 3.63) is 41.7 Å². The quantitative estimate of drug-likeness (QED) is 0.777. The summed E-state index contributed by atoms with van der Waals surface area (Å²) in [5, 5.41) is 4.45. The number of aldehydes is 1. The van der Waals surface area contributed by atoms with Gasteiger partial charge in [-0.1, -0.05) is 13.8 Å². The van der Waals surface area contributed by atoms with Crippen LogP contribution in [0.15, 0.2) is 30.5 Å². The van der Waals surface area contributed by atoms with E-state index in [0.717, 1.165) is 23.4 Å². The Morgan fingerprint density at radius 1 is 1.28 bits per heavy atom. The fourth-order valence-corrected chi connectivity index (χ4v) is 1.81. The number of methoxy groups -OCH3 is 1. The van der Waals surface area contributed by atoms with E-state index in [2.05, 4.69) is 5.10 Å². The van der Waals surface area contributed by atoms with Crippen LogP contribution in [0, 0.1) is 0 Å². The van der Waals surface area contributed by atoms with Gasteiger partial charge in [-0.3, -0.25) is 4.79 Å². The molecule has 0 saturated heterocycles. The number of rotatable bonds is 4. The van der Waals surface area contributed by atoms with Crippen LogP contribution in [0.25, 0.3) is 5.69 Å². The van der Waals surface area contributed by atoms with Crippen LogP contribution in [0.1, 0.15) is 35.8 Å². The zero-order chi connectivity index (χ0) is 13.1. The average molecular weight is 244 g/mol. The van der Waals surface area contributed by atoms with Gasteiger partial charge in [0.2, 0.25) is 0 Å². The highest BCUT2D eigenvalue weighted by Gasteiger charge is 2.12. The van der Waals surface area contributed by atoms with Crippen molar-refractivity contribution in [3.8, 4) is 11.4 Å². The minimum absolute atomic E-state index is 0.227. The Morgan fingerprint density at radius 3 is 2.39 bits per heavy atom. The Kier molecular flexibility index (Phi) is 3.46. The number of carbonyl (C=O) groups excluding carboxylic acids is 1. The van der Waals surface area contributed by atoms with Crippen molar-refractivity contribution in [1.29, 1.82) is 0 Å². The van der Waals surface area contributed by atoms with Crippen molar-refractivity contribution < 1.29 is 9.53 Å². The lowest BCUT2D eigenvalue weighted by molar-refractivity contribution is 0.112. The molecule has 2 aromatic rings. The summed E-state index contributed by atoms with van der Waals surface area (Å²) in [7, 11) is 1.63. The molecule has 4 heteroatoms. The van der Waals surface area contributed by atoms with Crippen molar-refractivity contribution in [2.45, 2.75) is 19.8 Å². The van der Waals surface area contributed by atoms with E-state index in [9.17, 15) is 4.79 Å². The molecule has 0 aliphatic rings.